The summed E-state index contributed by atoms with van der Waals surface area (Å²) in [6, 6.07) is 6.38. The normalized spacial score (nSPS) is 19.6. The molecular formula is C13H17NO3. The first kappa shape index (κ1) is 11.9. The molecule has 1 fully saturated rings. The van der Waals surface area contributed by atoms with Gasteiger partial charge in [-0.15, -0.1) is 0 Å². The topological polar surface area (TPSA) is 49.8 Å². The maximum absolute atomic E-state index is 12.1. The summed E-state index contributed by atoms with van der Waals surface area (Å²) in [7, 11) is 1.68. The van der Waals surface area contributed by atoms with E-state index >= 15 is 0 Å². The Hall–Kier alpha value is -1.55. The van der Waals surface area contributed by atoms with Gasteiger partial charge in [-0.1, -0.05) is 0 Å². The van der Waals surface area contributed by atoms with Crippen LogP contribution in [-0.2, 0) is 4.74 Å². The Labute approximate surface area is 101 Å². The highest BCUT2D eigenvalue weighted by Crippen LogP contribution is 2.19. The zero-order valence-electron chi connectivity index (χ0n) is 9.93. The van der Waals surface area contributed by atoms with Crippen molar-refractivity contribution >= 4 is 5.91 Å². The van der Waals surface area contributed by atoms with E-state index in [4.69, 9.17) is 4.74 Å². The number of ether oxygens (including phenoxy) is 1. The summed E-state index contributed by atoms with van der Waals surface area (Å²) in [4.78, 5) is 14.0. The summed E-state index contributed by atoms with van der Waals surface area (Å²) in [6.45, 7) is 2.25. The van der Waals surface area contributed by atoms with Gasteiger partial charge in [0.25, 0.3) is 5.91 Å². The molecule has 1 amide bonds. The van der Waals surface area contributed by atoms with Gasteiger partial charge in [0.05, 0.1) is 6.61 Å². The maximum atomic E-state index is 12.1. The number of hydrogen-bond acceptors (Lipinski definition) is 3. The van der Waals surface area contributed by atoms with Gasteiger partial charge in [-0.05, 0) is 30.7 Å². The predicted molar refractivity (Wildman–Crippen MR) is 64.0 cm³/mol. The number of aromatic hydroxyl groups is 1. The molecule has 1 aliphatic heterocycles. The lowest BCUT2D eigenvalue weighted by atomic mass is 10.1. The number of carbonyl (C=O) groups is 1. The lowest BCUT2D eigenvalue weighted by Gasteiger charge is -2.16. The van der Waals surface area contributed by atoms with Gasteiger partial charge in [-0.25, -0.2) is 0 Å². The summed E-state index contributed by atoms with van der Waals surface area (Å²) in [5.41, 5.74) is 0.626. The molecule has 1 heterocycles. The summed E-state index contributed by atoms with van der Waals surface area (Å²) in [5.74, 6) is 0.657. The second-order valence-electron chi connectivity index (χ2n) is 4.41. The third-order valence-electron chi connectivity index (χ3n) is 3.09. The van der Waals surface area contributed by atoms with Crippen LogP contribution in [0, 0.1) is 5.92 Å². The van der Waals surface area contributed by atoms with Crippen LogP contribution < -0.4 is 0 Å². The van der Waals surface area contributed by atoms with Crippen molar-refractivity contribution in [2.45, 2.75) is 6.42 Å². The minimum absolute atomic E-state index is 0.0311. The van der Waals surface area contributed by atoms with Gasteiger partial charge in [0.1, 0.15) is 5.75 Å². The number of likely N-dealkylation sites (tertiary alicyclic amines) is 1. The molecule has 4 heteroatoms. The Morgan fingerprint density at radius 3 is 2.82 bits per heavy atom. The monoisotopic (exact) mass is 235 g/mol. The van der Waals surface area contributed by atoms with Crippen molar-refractivity contribution in [1.29, 1.82) is 0 Å². The number of methoxy groups -OCH3 is 1. The van der Waals surface area contributed by atoms with Gasteiger partial charge in [-0.2, -0.15) is 0 Å². The van der Waals surface area contributed by atoms with E-state index in [1.165, 1.54) is 12.1 Å². The fraction of sp³-hybridized carbons (Fsp3) is 0.462. The van der Waals surface area contributed by atoms with Crippen LogP contribution in [0.1, 0.15) is 16.8 Å². The molecule has 0 bridgehead atoms. The van der Waals surface area contributed by atoms with Crippen LogP contribution >= 0.6 is 0 Å². The second-order valence-corrected chi connectivity index (χ2v) is 4.41. The van der Waals surface area contributed by atoms with Crippen LogP contribution in [0.15, 0.2) is 24.3 Å². The quantitative estimate of drug-likeness (QED) is 0.863. The minimum atomic E-state index is 0.0311. The van der Waals surface area contributed by atoms with E-state index in [2.05, 4.69) is 0 Å². The van der Waals surface area contributed by atoms with Crippen LogP contribution in [-0.4, -0.2) is 42.7 Å². The van der Waals surface area contributed by atoms with Crippen molar-refractivity contribution < 1.29 is 14.6 Å². The third kappa shape index (κ3) is 2.77. The zero-order chi connectivity index (χ0) is 12.3. The molecule has 92 valence electrons. The third-order valence-corrected chi connectivity index (χ3v) is 3.09. The van der Waals surface area contributed by atoms with Crippen molar-refractivity contribution in [2.75, 3.05) is 26.8 Å². The molecule has 0 radical (unpaired) electrons. The molecule has 0 aliphatic carbocycles. The predicted octanol–water partition coefficient (Wildman–Crippen LogP) is 1.50. The fourth-order valence-corrected chi connectivity index (χ4v) is 2.18. The number of benzene rings is 1. The van der Waals surface area contributed by atoms with Crippen LogP contribution in [0.2, 0.25) is 0 Å². The summed E-state index contributed by atoms with van der Waals surface area (Å²) < 4.78 is 5.10. The molecule has 1 N–H and O–H groups in total. The molecule has 0 saturated carbocycles. The van der Waals surface area contributed by atoms with Crippen LogP contribution in [0.3, 0.4) is 0 Å². The fourth-order valence-electron chi connectivity index (χ4n) is 2.18. The van der Waals surface area contributed by atoms with E-state index < -0.39 is 0 Å². The van der Waals surface area contributed by atoms with Crippen molar-refractivity contribution in [3.05, 3.63) is 29.8 Å². The van der Waals surface area contributed by atoms with E-state index in [0.717, 1.165) is 19.5 Å². The van der Waals surface area contributed by atoms with Gasteiger partial charge in [-0.3, -0.25) is 4.79 Å². The molecule has 1 aromatic carbocycles. The van der Waals surface area contributed by atoms with Gasteiger partial charge >= 0.3 is 0 Å². The number of hydrogen-bond donors (Lipinski definition) is 1. The van der Waals surface area contributed by atoms with Gasteiger partial charge in [0.15, 0.2) is 0 Å². The van der Waals surface area contributed by atoms with Gasteiger partial charge in [0, 0.05) is 31.7 Å². The van der Waals surface area contributed by atoms with E-state index in [9.17, 15) is 9.90 Å². The summed E-state index contributed by atoms with van der Waals surface area (Å²) in [6.07, 6.45) is 0.998. The smallest absolute Gasteiger partial charge is 0.253 e. The minimum Gasteiger partial charge on any atom is -0.508 e. The van der Waals surface area contributed by atoms with Gasteiger partial charge < -0.3 is 14.7 Å². The van der Waals surface area contributed by atoms with Crippen molar-refractivity contribution in [1.82, 2.24) is 4.90 Å². The molecule has 1 aliphatic rings. The molecule has 0 spiro atoms. The number of amides is 1. The second kappa shape index (κ2) is 5.19. The van der Waals surface area contributed by atoms with Crippen molar-refractivity contribution in [3.63, 3.8) is 0 Å². The number of carbonyl (C=O) groups excluding carboxylic acids is 1. The van der Waals surface area contributed by atoms with Crippen molar-refractivity contribution in [2.24, 2.45) is 5.92 Å². The Bertz CT molecular complexity index is 388. The van der Waals surface area contributed by atoms with Gasteiger partial charge in [0.2, 0.25) is 0 Å². The highest BCUT2D eigenvalue weighted by atomic mass is 16.5. The number of phenolic OH excluding ortho intramolecular Hbond substituents is 1. The van der Waals surface area contributed by atoms with Crippen LogP contribution in [0.25, 0.3) is 0 Å². The number of phenols is 1. The Morgan fingerprint density at radius 2 is 2.18 bits per heavy atom. The average molecular weight is 235 g/mol. The Morgan fingerprint density at radius 1 is 1.47 bits per heavy atom. The van der Waals surface area contributed by atoms with E-state index in [1.54, 1.807) is 19.2 Å². The largest absolute Gasteiger partial charge is 0.508 e. The van der Waals surface area contributed by atoms with E-state index in [-0.39, 0.29) is 11.7 Å². The number of nitrogens with zero attached hydrogens (tertiary/aromatic N) is 1. The first-order valence-corrected chi connectivity index (χ1v) is 5.78. The van der Waals surface area contributed by atoms with Crippen molar-refractivity contribution in [3.8, 4) is 5.75 Å². The first-order valence-electron chi connectivity index (χ1n) is 5.78. The first-order chi connectivity index (χ1) is 8.20. The Kier molecular flexibility index (Phi) is 3.64. The highest BCUT2D eigenvalue weighted by molar-refractivity contribution is 5.94. The lowest BCUT2D eigenvalue weighted by Crippen LogP contribution is -2.29. The SMILES string of the molecule is COCC1CCN(C(=O)c2ccc(O)cc2)C1. The highest BCUT2D eigenvalue weighted by Gasteiger charge is 2.26. The van der Waals surface area contributed by atoms with E-state index in [0.29, 0.717) is 18.1 Å². The molecule has 4 nitrogen and oxygen atoms in total. The average Bonchev–Trinajstić information content (AvgIpc) is 2.78. The lowest BCUT2D eigenvalue weighted by molar-refractivity contribution is 0.0775. The molecule has 1 atom stereocenters. The maximum Gasteiger partial charge on any atom is 0.253 e. The van der Waals surface area contributed by atoms with Crippen LogP contribution in [0.4, 0.5) is 0 Å². The standard InChI is InChI=1S/C13H17NO3/c1-17-9-10-6-7-14(8-10)13(16)11-2-4-12(15)5-3-11/h2-5,10,15H,6-9H2,1H3. The zero-order valence-corrected chi connectivity index (χ0v) is 9.93. The number of rotatable bonds is 3. The van der Waals surface area contributed by atoms with Crippen LogP contribution in [0.5, 0.6) is 5.75 Å². The molecule has 0 aromatic heterocycles. The molecular weight excluding hydrogens is 218 g/mol. The molecule has 1 aromatic rings. The molecule has 17 heavy (non-hydrogen) atoms. The molecule has 1 unspecified atom stereocenters. The molecule has 2 rings (SSSR count). The summed E-state index contributed by atoms with van der Waals surface area (Å²) >= 11 is 0. The Balaban J connectivity index is 1.99. The molecule has 1 saturated heterocycles. The van der Waals surface area contributed by atoms with E-state index in [1.807, 2.05) is 4.90 Å². The summed E-state index contributed by atoms with van der Waals surface area (Å²) in [5, 5.41) is 9.17.